The standard InChI is InChI=1S/C30H33N3O2/c34-29-26-22-11-12-23(25-19-24(22)25)27(26)30(35)33(29)18-15-31-13-16-32(17-14-31)28(20-7-3-1-4-8-20)21-9-5-2-6-10-21/h1-12,22-28H,13-19H2. The van der Waals surface area contributed by atoms with Crippen molar-refractivity contribution in [2.24, 2.45) is 35.5 Å². The highest BCUT2D eigenvalue weighted by Gasteiger charge is 2.66. The van der Waals surface area contributed by atoms with Gasteiger partial charge in [0.25, 0.3) is 0 Å². The first kappa shape index (κ1) is 21.5. The molecule has 35 heavy (non-hydrogen) atoms. The van der Waals surface area contributed by atoms with Gasteiger partial charge >= 0.3 is 0 Å². The summed E-state index contributed by atoms with van der Waals surface area (Å²) in [7, 11) is 0. The number of piperazine rings is 1. The topological polar surface area (TPSA) is 43.9 Å². The van der Waals surface area contributed by atoms with Crippen LogP contribution in [0.2, 0.25) is 0 Å². The Morgan fingerprint density at radius 2 is 1.20 bits per heavy atom. The number of hydrogen-bond donors (Lipinski definition) is 0. The highest BCUT2D eigenvalue weighted by molar-refractivity contribution is 6.06. The average molecular weight is 468 g/mol. The minimum Gasteiger partial charge on any atom is -0.299 e. The van der Waals surface area contributed by atoms with Gasteiger partial charge in [0.1, 0.15) is 0 Å². The molecule has 0 spiro atoms. The Labute approximate surface area is 207 Å². The normalized spacial score (nSPS) is 33.9. The summed E-state index contributed by atoms with van der Waals surface area (Å²) >= 11 is 0. The number of carbonyl (C=O) groups is 2. The zero-order chi connectivity index (χ0) is 23.5. The molecule has 2 saturated heterocycles. The summed E-state index contributed by atoms with van der Waals surface area (Å²) in [5.74, 6) is 2.02. The lowest BCUT2D eigenvalue weighted by molar-refractivity contribution is -0.140. The molecule has 8 rings (SSSR count). The molecule has 2 aromatic carbocycles. The van der Waals surface area contributed by atoms with E-state index in [1.165, 1.54) is 17.5 Å². The van der Waals surface area contributed by atoms with Gasteiger partial charge in [-0.05, 0) is 41.2 Å². The number of hydrogen-bond acceptors (Lipinski definition) is 4. The molecule has 2 aliphatic heterocycles. The lowest BCUT2D eigenvalue weighted by atomic mass is 9.63. The fourth-order valence-corrected chi connectivity index (χ4v) is 7.61. The van der Waals surface area contributed by atoms with E-state index in [0.29, 0.717) is 30.2 Å². The van der Waals surface area contributed by atoms with Gasteiger partial charge in [-0.1, -0.05) is 72.8 Å². The molecule has 2 bridgehead atoms. The van der Waals surface area contributed by atoms with Crippen molar-refractivity contribution in [2.45, 2.75) is 12.5 Å². The maximum absolute atomic E-state index is 13.3. The summed E-state index contributed by atoms with van der Waals surface area (Å²) in [6, 6.07) is 21.8. The number of imide groups is 1. The summed E-state index contributed by atoms with van der Waals surface area (Å²) in [4.78, 5) is 33.2. The van der Waals surface area contributed by atoms with E-state index in [2.05, 4.69) is 82.6 Å². The van der Waals surface area contributed by atoms with Crippen LogP contribution in [-0.4, -0.2) is 65.8 Å². The zero-order valence-electron chi connectivity index (χ0n) is 20.1. The lowest BCUT2D eigenvalue weighted by Crippen LogP contribution is -2.50. The summed E-state index contributed by atoms with van der Waals surface area (Å²) in [5.41, 5.74) is 2.65. The van der Waals surface area contributed by atoms with Gasteiger partial charge in [0, 0.05) is 39.3 Å². The van der Waals surface area contributed by atoms with Crippen LogP contribution in [0.4, 0.5) is 0 Å². The van der Waals surface area contributed by atoms with Crippen LogP contribution in [0, 0.1) is 35.5 Å². The number of nitrogens with zero attached hydrogens (tertiary/aromatic N) is 3. The molecule has 6 atom stereocenters. The number of amides is 2. The maximum Gasteiger partial charge on any atom is 0.233 e. The van der Waals surface area contributed by atoms with Gasteiger partial charge in [0.2, 0.25) is 11.8 Å². The molecular weight excluding hydrogens is 434 g/mol. The molecule has 0 aromatic heterocycles. The summed E-state index contributed by atoms with van der Waals surface area (Å²) in [5, 5.41) is 0. The number of allylic oxidation sites excluding steroid dienone is 2. The summed E-state index contributed by atoms with van der Waals surface area (Å²) < 4.78 is 0. The predicted octanol–water partition coefficient (Wildman–Crippen LogP) is 3.45. The monoisotopic (exact) mass is 467 g/mol. The van der Waals surface area contributed by atoms with Gasteiger partial charge in [-0.25, -0.2) is 0 Å². The molecule has 4 aliphatic carbocycles. The van der Waals surface area contributed by atoms with E-state index in [-0.39, 0.29) is 29.7 Å². The largest absolute Gasteiger partial charge is 0.299 e. The number of benzene rings is 2. The first-order chi connectivity index (χ1) is 17.2. The van der Waals surface area contributed by atoms with Crippen molar-refractivity contribution < 1.29 is 9.59 Å². The van der Waals surface area contributed by atoms with Crippen LogP contribution < -0.4 is 0 Å². The van der Waals surface area contributed by atoms with Gasteiger partial charge < -0.3 is 0 Å². The molecule has 2 amide bonds. The van der Waals surface area contributed by atoms with Crippen molar-refractivity contribution in [2.75, 3.05) is 39.3 Å². The molecule has 5 heteroatoms. The Morgan fingerprint density at radius 3 is 1.71 bits per heavy atom. The van der Waals surface area contributed by atoms with Crippen LogP contribution in [-0.2, 0) is 9.59 Å². The van der Waals surface area contributed by atoms with E-state index >= 15 is 0 Å². The Balaban J connectivity index is 0.996. The average Bonchev–Trinajstić information content (AvgIpc) is 3.69. The second-order valence-electron chi connectivity index (χ2n) is 11.1. The first-order valence-corrected chi connectivity index (χ1v) is 13.3. The molecule has 180 valence electrons. The molecule has 0 N–H and O–H groups in total. The minimum absolute atomic E-state index is 0.0735. The summed E-state index contributed by atoms with van der Waals surface area (Å²) in [6.07, 6.45) is 5.72. The van der Waals surface area contributed by atoms with Crippen LogP contribution in [0.3, 0.4) is 0 Å². The third-order valence-corrected chi connectivity index (χ3v) is 9.40. The van der Waals surface area contributed by atoms with Crippen LogP contribution in [0.1, 0.15) is 23.6 Å². The number of carbonyl (C=O) groups excluding carboxylic acids is 2. The second-order valence-corrected chi connectivity index (χ2v) is 11.1. The molecular formula is C30H33N3O2. The van der Waals surface area contributed by atoms with Gasteiger partial charge in [-0.2, -0.15) is 0 Å². The van der Waals surface area contributed by atoms with E-state index in [1.807, 2.05) is 0 Å². The molecule has 6 aliphatic rings. The Morgan fingerprint density at radius 1 is 0.686 bits per heavy atom. The Bertz CT molecular complexity index is 1070. The molecule has 5 nitrogen and oxygen atoms in total. The van der Waals surface area contributed by atoms with Crippen molar-refractivity contribution in [3.63, 3.8) is 0 Å². The van der Waals surface area contributed by atoms with E-state index < -0.39 is 0 Å². The van der Waals surface area contributed by atoms with Crippen molar-refractivity contribution in [3.8, 4) is 0 Å². The van der Waals surface area contributed by atoms with Gasteiger partial charge in [0.05, 0.1) is 17.9 Å². The van der Waals surface area contributed by atoms with Crippen molar-refractivity contribution in [3.05, 3.63) is 83.9 Å². The van der Waals surface area contributed by atoms with Gasteiger partial charge in [0.15, 0.2) is 0 Å². The van der Waals surface area contributed by atoms with Crippen LogP contribution in [0.25, 0.3) is 0 Å². The van der Waals surface area contributed by atoms with E-state index in [9.17, 15) is 9.59 Å². The van der Waals surface area contributed by atoms with Gasteiger partial charge in [-0.3, -0.25) is 24.3 Å². The van der Waals surface area contributed by atoms with Crippen LogP contribution in [0.5, 0.6) is 0 Å². The maximum atomic E-state index is 13.3. The molecule has 2 heterocycles. The Hall–Kier alpha value is -2.76. The fourth-order valence-electron chi connectivity index (χ4n) is 7.61. The number of rotatable bonds is 6. The fraction of sp³-hybridized carbons (Fsp3) is 0.467. The minimum atomic E-state index is -0.0735. The molecule has 2 saturated carbocycles. The Kier molecular flexibility index (Phi) is 5.18. The number of likely N-dealkylation sites (tertiary alicyclic amines) is 1. The van der Waals surface area contributed by atoms with E-state index in [1.54, 1.807) is 4.90 Å². The predicted molar refractivity (Wildman–Crippen MR) is 134 cm³/mol. The highest BCUT2D eigenvalue weighted by Crippen LogP contribution is 2.65. The van der Waals surface area contributed by atoms with Crippen molar-refractivity contribution in [1.82, 2.24) is 14.7 Å². The van der Waals surface area contributed by atoms with Crippen molar-refractivity contribution >= 4 is 11.8 Å². The van der Waals surface area contributed by atoms with Crippen molar-refractivity contribution in [1.29, 1.82) is 0 Å². The quantitative estimate of drug-likeness (QED) is 0.482. The molecule has 4 fully saturated rings. The molecule has 6 unspecified atom stereocenters. The molecule has 0 radical (unpaired) electrons. The smallest absolute Gasteiger partial charge is 0.233 e. The van der Waals surface area contributed by atoms with Crippen LogP contribution in [0.15, 0.2) is 72.8 Å². The van der Waals surface area contributed by atoms with E-state index in [0.717, 1.165) is 32.7 Å². The zero-order valence-corrected chi connectivity index (χ0v) is 20.1. The second kappa shape index (κ2) is 8.42. The molecule has 2 aromatic rings. The lowest BCUT2D eigenvalue weighted by Gasteiger charge is -2.40. The first-order valence-electron chi connectivity index (χ1n) is 13.3. The SMILES string of the molecule is O=C1C2C3C=CC(C4CC34)C2C(=O)N1CCN1CCN(C(c2ccccc2)c2ccccc2)CC1. The third kappa shape index (κ3) is 3.51. The summed E-state index contributed by atoms with van der Waals surface area (Å²) in [6.45, 7) is 5.17. The van der Waals surface area contributed by atoms with Crippen LogP contribution >= 0.6 is 0 Å². The highest BCUT2D eigenvalue weighted by atomic mass is 16.2. The van der Waals surface area contributed by atoms with E-state index in [4.69, 9.17) is 0 Å². The third-order valence-electron chi connectivity index (χ3n) is 9.40. The van der Waals surface area contributed by atoms with Gasteiger partial charge in [-0.15, -0.1) is 0 Å².